The fourth-order valence-corrected chi connectivity index (χ4v) is 3.29. The van der Waals surface area contributed by atoms with Gasteiger partial charge in [-0.1, -0.05) is 29.8 Å². The molecule has 142 valence electrons. The molecule has 1 amide bonds. The van der Waals surface area contributed by atoms with Crippen LogP contribution in [0.15, 0.2) is 48.7 Å². The van der Waals surface area contributed by atoms with Crippen LogP contribution < -0.4 is 10.6 Å². The molecular formula is C19H24Cl3N3O. The van der Waals surface area contributed by atoms with Crippen LogP contribution in [0.4, 0.5) is 0 Å². The molecule has 1 fully saturated rings. The quantitative estimate of drug-likeness (QED) is 0.743. The number of hydrogen-bond acceptors (Lipinski definition) is 3. The van der Waals surface area contributed by atoms with Gasteiger partial charge in [-0.05, 0) is 61.7 Å². The van der Waals surface area contributed by atoms with Crippen molar-refractivity contribution in [1.29, 1.82) is 0 Å². The van der Waals surface area contributed by atoms with Crippen molar-refractivity contribution in [2.75, 3.05) is 13.1 Å². The molecule has 3 rings (SSSR count). The third kappa shape index (κ3) is 6.44. The van der Waals surface area contributed by atoms with E-state index in [1.165, 1.54) is 0 Å². The summed E-state index contributed by atoms with van der Waals surface area (Å²) in [5, 5.41) is 7.11. The van der Waals surface area contributed by atoms with E-state index in [0.29, 0.717) is 17.4 Å². The molecule has 26 heavy (non-hydrogen) atoms. The van der Waals surface area contributed by atoms with Crippen molar-refractivity contribution in [2.45, 2.75) is 25.3 Å². The summed E-state index contributed by atoms with van der Waals surface area (Å²) in [5.41, 5.74) is 1.76. The van der Waals surface area contributed by atoms with Crippen LogP contribution in [0.5, 0.6) is 0 Å². The van der Waals surface area contributed by atoms with Gasteiger partial charge in [-0.25, -0.2) is 0 Å². The molecule has 1 aromatic heterocycles. The number of nitrogens with one attached hydrogen (secondary N) is 2. The minimum Gasteiger partial charge on any atom is -0.344 e. The molecule has 0 saturated carbocycles. The van der Waals surface area contributed by atoms with Gasteiger partial charge in [0.1, 0.15) is 0 Å². The van der Waals surface area contributed by atoms with E-state index in [2.05, 4.69) is 15.6 Å². The van der Waals surface area contributed by atoms with Crippen molar-refractivity contribution in [2.24, 2.45) is 5.92 Å². The van der Waals surface area contributed by atoms with Crippen LogP contribution in [0.3, 0.4) is 0 Å². The van der Waals surface area contributed by atoms with Crippen LogP contribution in [0, 0.1) is 5.92 Å². The van der Waals surface area contributed by atoms with E-state index in [1.54, 1.807) is 6.20 Å². The molecule has 0 aliphatic carbocycles. The van der Waals surface area contributed by atoms with Gasteiger partial charge in [0.25, 0.3) is 0 Å². The predicted octanol–water partition coefficient (Wildman–Crippen LogP) is 4.17. The number of benzene rings is 1. The molecule has 1 aromatic carbocycles. The van der Waals surface area contributed by atoms with Crippen molar-refractivity contribution in [3.05, 3.63) is 64.9 Å². The minimum absolute atomic E-state index is 0. The summed E-state index contributed by atoms with van der Waals surface area (Å²) in [6.07, 6.45) is 4.36. The monoisotopic (exact) mass is 415 g/mol. The fraction of sp³-hybridized carbons (Fsp3) is 0.368. The van der Waals surface area contributed by atoms with Gasteiger partial charge in [0.05, 0.1) is 11.7 Å². The lowest BCUT2D eigenvalue weighted by atomic mass is 10.0. The first-order chi connectivity index (χ1) is 11.7. The number of amides is 1. The Hall–Kier alpha value is -1.33. The molecule has 1 aliphatic rings. The van der Waals surface area contributed by atoms with Gasteiger partial charge in [-0.3, -0.25) is 9.78 Å². The maximum absolute atomic E-state index is 12.4. The predicted molar refractivity (Wildman–Crippen MR) is 110 cm³/mol. The number of halogens is 3. The zero-order valence-corrected chi connectivity index (χ0v) is 16.7. The van der Waals surface area contributed by atoms with Crippen LogP contribution in [-0.4, -0.2) is 24.0 Å². The summed E-state index contributed by atoms with van der Waals surface area (Å²) >= 11 is 6.12. The molecular weight excluding hydrogens is 393 g/mol. The highest BCUT2D eigenvalue weighted by Crippen LogP contribution is 2.23. The highest BCUT2D eigenvalue weighted by atomic mass is 35.5. The Morgan fingerprint density at radius 3 is 2.77 bits per heavy atom. The van der Waals surface area contributed by atoms with Crippen LogP contribution in [0.1, 0.15) is 36.6 Å². The first kappa shape index (κ1) is 22.7. The Morgan fingerprint density at radius 2 is 2.12 bits per heavy atom. The number of carbonyl (C=O) groups excluding carboxylic acids is 1. The highest BCUT2D eigenvalue weighted by molar-refractivity contribution is 6.30. The van der Waals surface area contributed by atoms with E-state index in [4.69, 9.17) is 11.6 Å². The maximum atomic E-state index is 12.4. The average Bonchev–Trinajstić information content (AvgIpc) is 3.12. The molecule has 0 bridgehead atoms. The molecule has 7 heteroatoms. The summed E-state index contributed by atoms with van der Waals surface area (Å²) in [6, 6.07) is 13.0. The lowest BCUT2D eigenvalue weighted by molar-refractivity contribution is -0.121. The molecule has 0 spiro atoms. The lowest BCUT2D eigenvalue weighted by Gasteiger charge is -2.19. The van der Waals surface area contributed by atoms with Gasteiger partial charge in [0.15, 0.2) is 0 Å². The van der Waals surface area contributed by atoms with Crippen molar-refractivity contribution in [3.63, 3.8) is 0 Å². The van der Waals surface area contributed by atoms with E-state index >= 15 is 0 Å². The number of aromatic nitrogens is 1. The van der Waals surface area contributed by atoms with E-state index in [-0.39, 0.29) is 36.8 Å². The third-order valence-corrected chi connectivity index (χ3v) is 4.65. The fourth-order valence-electron chi connectivity index (χ4n) is 3.09. The second-order valence-corrected chi connectivity index (χ2v) is 6.64. The summed E-state index contributed by atoms with van der Waals surface area (Å²) in [4.78, 5) is 16.9. The van der Waals surface area contributed by atoms with Gasteiger partial charge >= 0.3 is 0 Å². The van der Waals surface area contributed by atoms with Gasteiger partial charge in [0, 0.05) is 17.6 Å². The Balaban J connectivity index is 0.00000169. The SMILES string of the molecule is Cl.Cl.O=C(CCC1CCNC1)NC(c1cccc(Cl)c1)c1ccccn1. The first-order valence-electron chi connectivity index (χ1n) is 8.39. The highest BCUT2D eigenvalue weighted by Gasteiger charge is 2.20. The lowest BCUT2D eigenvalue weighted by Crippen LogP contribution is -2.30. The first-order valence-corrected chi connectivity index (χ1v) is 8.76. The largest absolute Gasteiger partial charge is 0.344 e. The Morgan fingerprint density at radius 1 is 1.27 bits per heavy atom. The zero-order chi connectivity index (χ0) is 16.8. The second-order valence-electron chi connectivity index (χ2n) is 6.21. The number of hydrogen-bond donors (Lipinski definition) is 2. The normalized spacial score (nSPS) is 16.9. The summed E-state index contributed by atoms with van der Waals surface area (Å²) in [7, 11) is 0. The van der Waals surface area contributed by atoms with E-state index in [0.717, 1.165) is 37.2 Å². The van der Waals surface area contributed by atoms with Gasteiger partial charge < -0.3 is 10.6 Å². The van der Waals surface area contributed by atoms with Gasteiger partial charge in [-0.15, -0.1) is 24.8 Å². The van der Waals surface area contributed by atoms with Crippen LogP contribution in [-0.2, 0) is 4.79 Å². The van der Waals surface area contributed by atoms with Crippen molar-refractivity contribution < 1.29 is 4.79 Å². The molecule has 1 aliphatic heterocycles. The molecule has 2 atom stereocenters. The average molecular weight is 417 g/mol. The van der Waals surface area contributed by atoms with Gasteiger partial charge in [0.2, 0.25) is 5.91 Å². The van der Waals surface area contributed by atoms with Crippen LogP contribution >= 0.6 is 36.4 Å². The summed E-state index contributed by atoms with van der Waals surface area (Å²) in [5.74, 6) is 0.660. The molecule has 0 radical (unpaired) electrons. The van der Waals surface area contributed by atoms with Crippen molar-refractivity contribution >= 4 is 42.3 Å². The third-order valence-electron chi connectivity index (χ3n) is 4.41. The molecule has 1 saturated heterocycles. The molecule has 2 heterocycles. The molecule has 2 unspecified atom stereocenters. The topological polar surface area (TPSA) is 54.0 Å². The van der Waals surface area contributed by atoms with Crippen LogP contribution in [0.2, 0.25) is 5.02 Å². The summed E-state index contributed by atoms with van der Waals surface area (Å²) in [6.45, 7) is 2.08. The standard InChI is InChI=1S/C19H22ClN3O.2ClH/c20-16-5-3-4-15(12-16)19(17-6-1-2-10-22-17)23-18(24)8-7-14-9-11-21-13-14;;/h1-6,10,12,14,19,21H,7-9,11,13H2,(H,23,24);2*1H. The smallest absolute Gasteiger partial charge is 0.220 e. The van der Waals surface area contributed by atoms with E-state index < -0.39 is 0 Å². The van der Waals surface area contributed by atoms with E-state index in [9.17, 15) is 4.79 Å². The molecule has 2 aromatic rings. The minimum atomic E-state index is -0.279. The van der Waals surface area contributed by atoms with Crippen LogP contribution in [0.25, 0.3) is 0 Å². The molecule has 2 N–H and O–H groups in total. The zero-order valence-electron chi connectivity index (χ0n) is 14.4. The summed E-state index contributed by atoms with van der Waals surface area (Å²) < 4.78 is 0. The van der Waals surface area contributed by atoms with E-state index in [1.807, 2.05) is 42.5 Å². The van der Waals surface area contributed by atoms with Crippen molar-refractivity contribution in [1.82, 2.24) is 15.6 Å². The number of nitrogens with zero attached hydrogens (tertiary/aromatic N) is 1. The number of carbonyl (C=O) groups is 1. The van der Waals surface area contributed by atoms with Crippen molar-refractivity contribution in [3.8, 4) is 0 Å². The maximum Gasteiger partial charge on any atom is 0.220 e. The Kier molecular flexibility index (Phi) is 9.96. The second kappa shape index (κ2) is 11.4. The number of pyridine rings is 1. The Bertz CT molecular complexity index is 679. The Labute approximate surface area is 171 Å². The van der Waals surface area contributed by atoms with Gasteiger partial charge in [-0.2, -0.15) is 0 Å². The molecule has 4 nitrogen and oxygen atoms in total. The number of rotatable bonds is 6.